The van der Waals surface area contributed by atoms with Crippen LogP contribution < -0.4 is 13.8 Å². The molecule has 44 heavy (non-hydrogen) atoms. The van der Waals surface area contributed by atoms with Crippen molar-refractivity contribution in [2.45, 2.75) is 70.1 Å². The summed E-state index contributed by atoms with van der Waals surface area (Å²) in [5.74, 6) is 2.26. The van der Waals surface area contributed by atoms with Crippen LogP contribution in [0.25, 0.3) is 17.3 Å². The molecule has 3 heterocycles. The van der Waals surface area contributed by atoms with E-state index in [4.69, 9.17) is 18.6 Å². The van der Waals surface area contributed by atoms with E-state index in [1.807, 2.05) is 6.92 Å². The Morgan fingerprint density at radius 2 is 1.77 bits per heavy atom. The van der Waals surface area contributed by atoms with Crippen molar-refractivity contribution in [3.63, 3.8) is 0 Å². The summed E-state index contributed by atoms with van der Waals surface area (Å²) < 4.78 is 55.0. The van der Waals surface area contributed by atoms with Crippen LogP contribution in [-0.2, 0) is 19.6 Å². The van der Waals surface area contributed by atoms with Crippen molar-refractivity contribution in [2.24, 2.45) is 0 Å². The van der Waals surface area contributed by atoms with Gasteiger partial charge in [0, 0.05) is 34.7 Å². The predicted octanol–water partition coefficient (Wildman–Crippen LogP) is 4.74. The number of furan rings is 1. The number of carbonyl (C=O) groups excluding carboxylic acids is 1. The molecule has 1 aromatic carbocycles. The normalized spacial score (nSPS) is 16.7. The first-order valence-electron chi connectivity index (χ1n) is 14.9. The van der Waals surface area contributed by atoms with Gasteiger partial charge in [-0.15, -0.1) is 10.2 Å². The fourth-order valence-corrected chi connectivity index (χ4v) is 7.92. The topological polar surface area (TPSA) is 129 Å². The number of anilines is 1. The van der Waals surface area contributed by atoms with Crippen molar-refractivity contribution in [1.29, 1.82) is 0 Å². The minimum absolute atomic E-state index is 0.0367. The van der Waals surface area contributed by atoms with Crippen LogP contribution in [0.5, 0.6) is 11.5 Å². The van der Waals surface area contributed by atoms with Crippen molar-refractivity contribution in [2.75, 3.05) is 45.3 Å². The van der Waals surface area contributed by atoms with E-state index in [2.05, 4.69) is 29.8 Å². The first-order chi connectivity index (χ1) is 20.8. The fourth-order valence-electron chi connectivity index (χ4n) is 5.38. The number of nitrogens with zero attached hydrogens (tertiary/aromatic N) is 5. The molecule has 0 saturated carbocycles. The van der Waals surface area contributed by atoms with Crippen molar-refractivity contribution >= 4 is 30.0 Å². The summed E-state index contributed by atoms with van der Waals surface area (Å²) in [6.45, 7) is 10.6. The van der Waals surface area contributed by atoms with Gasteiger partial charge in [0.25, 0.3) is 0 Å². The average molecular weight is 648 g/mol. The molecule has 0 bridgehead atoms. The summed E-state index contributed by atoms with van der Waals surface area (Å²) in [5, 5.41) is 8.01. The lowest BCUT2D eigenvalue weighted by Crippen LogP contribution is -2.52. The van der Waals surface area contributed by atoms with Crippen LogP contribution in [0.1, 0.15) is 31.9 Å². The Hall–Kier alpha value is -3.36. The van der Waals surface area contributed by atoms with Gasteiger partial charge in [0.2, 0.25) is 27.7 Å². The lowest BCUT2D eigenvalue weighted by molar-refractivity contribution is -0.137. The third-order valence-electron chi connectivity index (χ3n) is 7.84. The van der Waals surface area contributed by atoms with Crippen LogP contribution in [0.3, 0.4) is 0 Å². The highest BCUT2D eigenvalue weighted by molar-refractivity contribution is 7.93. The Morgan fingerprint density at radius 1 is 1.09 bits per heavy atom. The number of aromatic nitrogens is 3. The number of piperidine rings is 1. The van der Waals surface area contributed by atoms with Crippen molar-refractivity contribution in [3.05, 3.63) is 36.1 Å². The zero-order valence-corrected chi connectivity index (χ0v) is 28.8. The van der Waals surface area contributed by atoms with E-state index >= 15 is 0 Å². The standard InChI is InChI=1S/C30H45N5O7SSi/c1-21-15-16-26(42-21)29-31-32-30(35(29)28-24(40-4)12-10-13-25(28)41-5)34(17-18-44(6,7)8)43(37,38)22(2)19-33-23(20-39-3)11-9-14-27(33)36/h10,12-13,15-16,22-23H,9,11,14,17-20H2,1-8H3/t22-,23-/m1/s1. The van der Waals surface area contributed by atoms with E-state index in [0.717, 1.165) is 12.8 Å². The molecule has 1 saturated heterocycles. The van der Waals surface area contributed by atoms with Gasteiger partial charge in [-0.1, -0.05) is 25.7 Å². The molecule has 1 aliphatic rings. The molecule has 1 amide bonds. The van der Waals surface area contributed by atoms with E-state index in [-0.39, 0.29) is 31.0 Å². The van der Waals surface area contributed by atoms with Crippen LogP contribution in [-0.4, -0.2) is 94.4 Å². The number of rotatable bonds is 14. The largest absolute Gasteiger partial charge is 0.494 e. The number of hydrogen-bond acceptors (Lipinski definition) is 9. The quantitative estimate of drug-likeness (QED) is 0.228. The maximum Gasteiger partial charge on any atom is 0.246 e. The monoisotopic (exact) mass is 647 g/mol. The highest BCUT2D eigenvalue weighted by Crippen LogP contribution is 2.40. The molecule has 14 heteroatoms. The number of para-hydroxylation sites is 1. The third kappa shape index (κ3) is 7.13. The minimum atomic E-state index is -4.09. The number of benzene rings is 1. The fraction of sp³-hybridized carbons (Fsp3) is 0.567. The molecule has 1 aliphatic heterocycles. The number of aryl methyl sites for hydroxylation is 1. The Labute approximate surface area is 261 Å². The van der Waals surface area contributed by atoms with E-state index in [0.29, 0.717) is 53.6 Å². The molecule has 242 valence electrons. The molecular weight excluding hydrogens is 603 g/mol. The second kappa shape index (κ2) is 13.7. The zero-order chi connectivity index (χ0) is 32.2. The first kappa shape index (κ1) is 33.5. The minimum Gasteiger partial charge on any atom is -0.494 e. The number of hydrogen-bond donors (Lipinski definition) is 0. The molecule has 0 N–H and O–H groups in total. The van der Waals surface area contributed by atoms with E-state index in [1.54, 1.807) is 53.8 Å². The van der Waals surface area contributed by atoms with Gasteiger partial charge < -0.3 is 23.5 Å². The lowest BCUT2D eigenvalue weighted by atomic mass is 10.0. The first-order valence-corrected chi connectivity index (χ1v) is 20.1. The smallest absolute Gasteiger partial charge is 0.246 e. The number of carbonyl (C=O) groups is 1. The van der Waals surface area contributed by atoms with Crippen LogP contribution in [0, 0.1) is 6.92 Å². The van der Waals surface area contributed by atoms with Crippen LogP contribution in [0.15, 0.2) is 34.7 Å². The number of methoxy groups -OCH3 is 3. The molecule has 2 aromatic heterocycles. The van der Waals surface area contributed by atoms with Gasteiger partial charge in [0.1, 0.15) is 22.9 Å². The summed E-state index contributed by atoms with van der Waals surface area (Å²) in [4.78, 5) is 14.6. The molecule has 0 spiro atoms. The average Bonchev–Trinajstić information content (AvgIpc) is 3.59. The summed E-state index contributed by atoms with van der Waals surface area (Å²) in [6.07, 6.45) is 1.91. The van der Waals surface area contributed by atoms with Gasteiger partial charge in [-0.25, -0.2) is 12.7 Å². The summed E-state index contributed by atoms with van der Waals surface area (Å²) >= 11 is 0. The van der Waals surface area contributed by atoms with Crippen LogP contribution in [0.4, 0.5) is 5.95 Å². The van der Waals surface area contributed by atoms with E-state index in [1.165, 1.54) is 18.5 Å². The zero-order valence-electron chi connectivity index (χ0n) is 27.0. The Balaban J connectivity index is 1.90. The Bertz CT molecular complexity index is 1520. The summed E-state index contributed by atoms with van der Waals surface area (Å²) in [5.41, 5.74) is 0.439. The molecule has 12 nitrogen and oxygen atoms in total. The number of likely N-dealkylation sites (tertiary alicyclic amines) is 1. The highest BCUT2D eigenvalue weighted by Gasteiger charge is 2.39. The predicted molar refractivity (Wildman–Crippen MR) is 172 cm³/mol. The van der Waals surface area contributed by atoms with Crippen molar-refractivity contribution in [3.8, 4) is 28.8 Å². The maximum absolute atomic E-state index is 14.6. The maximum atomic E-state index is 14.6. The highest BCUT2D eigenvalue weighted by atomic mass is 32.2. The molecule has 0 unspecified atom stereocenters. The molecule has 3 aromatic rings. The van der Waals surface area contributed by atoms with Gasteiger partial charge in [-0.2, -0.15) is 0 Å². The van der Waals surface area contributed by atoms with Gasteiger partial charge in [0.05, 0.1) is 32.1 Å². The third-order valence-corrected chi connectivity index (χ3v) is 11.7. The van der Waals surface area contributed by atoms with Crippen LogP contribution in [0.2, 0.25) is 25.7 Å². The van der Waals surface area contributed by atoms with Gasteiger partial charge in [0.15, 0.2) is 5.76 Å². The SMILES string of the molecule is COC[C@H]1CCCC(=O)N1C[C@@H](C)S(=O)(=O)N(CC[Si](C)(C)C)c1nnc(-c2ccc(C)o2)n1-c1c(OC)cccc1OC. The van der Waals surface area contributed by atoms with E-state index in [9.17, 15) is 13.2 Å². The number of ether oxygens (including phenoxy) is 3. The van der Waals surface area contributed by atoms with Gasteiger partial charge in [-0.05, 0) is 57.0 Å². The number of sulfonamides is 1. The molecule has 2 atom stereocenters. The molecule has 4 rings (SSSR count). The summed E-state index contributed by atoms with van der Waals surface area (Å²) in [6, 6.07) is 9.38. The molecular formula is C30H45N5O7SSi. The molecule has 0 radical (unpaired) electrons. The second-order valence-electron chi connectivity index (χ2n) is 12.4. The lowest BCUT2D eigenvalue weighted by Gasteiger charge is -2.38. The van der Waals surface area contributed by atoms with Gasteiger partial charge >= 0.3 is 0 Å². The van der Waals surface area contributed by atoms with E-state index < -0.39 is 23.3 Å². The van der Waals surface area contributed by atoms with Crippen molar-refractivity contribution in [1.82, 2.24) is 19.7 Å². The molecule has 1 fully saturated rings. The second-order valence-corrected chi connectivity index (χ2v) is 20.3. The summed E-state index contributed by atoms with van der Waals surface area (Å²) in [7, 11) is -1.17. The number of amides is 1. The Morgan fingerprint density at radius 3 is 2.34 bits per heavy atom. The Kier molecular flexibility index (Phi) is 10.5. The molecule has 0 aliphatic carbocycles. The van der Waals surface area contributed by atoms with Gasteiger partial charge in [-0.3, -0.25) is 9.36 Å². The van der Waals surface area contributed by atoms with Crippen LogP contribution >= 0.6 is 0 Å². The van der Waals surface area contributed by atoms with Crippen molar-refractivity contribution < 1.29 is 31.8 Å².